The van der Waals surface area contributed by atoms with Crippen molar-refractivity contribution < 1.29 is 4.74 Å². The Kier molecular flexibility index (Phi) is 5.85. The Balaban J connectivity index is 3.60. The molecule has 0 saturated heterocycles. The average Bonchev–Trinajstić information content (AvgIpc) is 2.15. The predicted molar refractivity (Wildman–Crippen MR) is 62.6 cm³/mol. The summed E-state index contributed by atoms with van der Waals surface area (Å²) in [6.07, 6.45) is 1.78. The first kappa shape index (κ1) is 14.4. The van der Waals surface area contributed by atoms with Gasteiger partial charge in [-0.05, 0) is 25.8 Å². The zero-order valence-corrected chi connectivity index (χ0v) is 10.7. The van der Waals surface area contributed by atoms with Gasteiger partial charge in [-0.2, -0.15) is 5.26 Å². The highest BCUT2D eigenvalue weighted by atomic mass is 16.5. The van der Waals surface area contributed by atoms with Gasteiger partial charge in [0.1, 0.15) is 5.54 Å². The minimum Gasteiger partial charge on any atom is -0.381 e. The zero-order chi connectivity index (χ0) is 11.9. The summed E-state index contributed by atoms with van der Waals surface area (Å²) in [4.78, 5) is 0. The molecule has 3 heteroatoms. The van der Waals surface area contributed by atoms with Crippen LogP contribution in [0.3, 0.4) is 0 Å². The van der Waals surface area contributed by atoms with E-state index >= 15 is 0 Å². The minimum atomic E-state index is -0.457. The van der Waals surface area contributed by atoms with Crippen LogP contribution in [0, 0.1) is 16.7 Å². The number of ether oxygens (including phenoxy) is 1. The number of rotatable bonds is 6. The second-order valence-corrected chi connectivity index (χ2v) is 5.37. The maximum absolute atomic E-state index is 8.90. The Labute approximate surface area is 93.8 Å². The summed E-state index contributed by atoms with van der Waals surface area (Å²) in [5.74, 6) is 0. The summed E-state index contributed by atoms with van der Waals surface area (Å²) in [6.45, 7) is 9.89. The summed E-state index contributed by atoms with van der Waals surface area (Å²) in [6, 6.07) is 2.24. The van der Waals surface area contributed by atoms with Gasteiger partial charge in [0.2, 0.25) is 0 Å². The topological polar surface area (TPSA) is 45.0 Å². The minimum absolute atomic E-state index is 0.321. The molecule has 0 saturated carbocycles. The molecule has 0 bridgehead atoms. The summed E-state index contributed by atoms with van der Waals surface area (Å²) in [7, 11) is 1.80. The molecule has 0 aromatic heterocycles. The molecule has 0 radical (unpaired) electrons. The van der Waals surface area contributed by atoms with Crippen LogP contribution in [0.4, 0.5) is 0 Å². The van der Waals surface area contributed by atoms with Crippen molar-refractivity contribution in [1.29, 1.82) is 5.26 Å². The molecule has 3 nitrogen and oxygen atoms in total. The smallest absolute Gasteiger partial charge is 0.105 e. The van der Waals surface area contributed by atoms with Gasteiger partial charge in [0.15, 0.2) is 0 Å². The van der Waals surface area contributed by atoms with Crippen LogP contribution in [-0.2, 0) is 4.74 Å². The highest BCUT2D eigenvalue weighted by Gasteiger charge is 2.20. The van der Waals surface area contributed by atoms with Crippen LogP contribution in [0.1, 0.15) is 40.5 Å². The highest BCUT2D eigenvalue weighted by molar-refractivity contribution is 5.02. The third-order valence-electron chi connectivity index (χ3n) is 2.54. The SMILES string of the molecule is CNC(C)(C#N)CCOCCC(C)(C)C. The molecule has 0 rings (SSSR count). The Bertz CT molecular complexity index is 215. The Morgan fingerprint density at radius 2 is 1.67 bits per heavy atom. The zero-order valence-electron chi connectivity index (χ0n) is 10.7. The summed E-state index contributed by atoms with van der Waals surface area (Å²) < 4.78 is 5.52. The highest BCUT2D eigenvalue weighted by Crippen LogP contribution is 2.18. The molecular weight excluding hydrogens is 188 g/mol. The average molecular weight is 212 g/mol. The van der Waals surface area contributed by atoms with E-state index in [4.69, 9.17) is 10.00 Å². The van der Waals surface area contributed by atoms with Crippen molar-refractivity contribution in [3.8, 4) is 6.07 Å². The van der Waals surface area contributed by atoms with Gasteiger partial charge in [-0.3, -0.25) is 0 Å². The van der Waals surface area contributed by atoms with Crippen molar-refractivity contribution in [1.82, 2.24) is 5.32 Å². The molecule has 0 heterocycles. The Morgan fingerprint density at radius 1 is 1.13 bits per heavy atom. The van der Waals surface area contributed by atoms with E-state index in [0.29, 0.717) is 12.0 Å². The Hall–Kier alpha value is -0.590. The monoisotopic (exact) mass is 212 g/mol. The van der Waals surface area contributed by atoms with E-state index in [2.05, 4.69) is 32.2 Å². The van der Waals surface area contributed by atoms with Gasteiger partial charge in [-0.1, -0.05) is 20.8 Å². The van der Waals surface area contributed by atoms with Crippen LogP contribution in [0.2, 0.25) is 0 Å². The van der Waals surface area contributed by atoms with Gasteiger partial charge in [0.05, 0.1) is 6.07 Å². The van der Waals surface area contributed by atoms with E-state index in [1.165, 1.54) is 0 Å². The van der Waals surface area contributed by atoms with E-state index in [1.807, 2.05) is 6.92 Å². The fourth-order valence-electron chi connectivity index (χ4n) is 0.994. The van der Waals surface area contributed by atoms with E-state index in [1.54, 1.807) is 7.05 Å². The number of nitrogens with one attached hydrogen (secondary N) is 1. The van der Waals surface area contributed by atoms with Crippen molar-refractivity contribution >= 4 is 0 Å². The lowest BCUT2D eigenvalue weighted by atomic mass is 9.93. The van der Waals surface area contributed by atoms with Crippen molar-refractivity contribution in [3.63, 3.8) is 0 Å². The lowest BCUT2D eigenvalue weighted by Gasteiger charge is -2.21. The second kappa shape index (κ2) is 6.09. The molecule has 0 aliphatic carbocycles. The lowest BCUT2D eigenvalue weighted by Crippen LogP contribution is -2.39. The van der Waals surface area contributed by atoms with Crippen molar-refractivity contribution in [2.24, 2.45) is 5.41 Å². The number of hydrogen-bond acceptors (Lipinski definition) is 3. The molecule has 15 heavy (non-hydrogen) atoms. The quantitative estimate of drug-likeness (QED) is 0.687. The van der Waals surface area contributed by atoms with Crippen LogP contribution in [-0.4, -0.2) is 25.8 Å². The van der Waals surface area contributed by atoms with Crippen molar-refractivity contribution in [2.45, 2.75) is 46.1 Å². The van der Waals surface area contributed by atoms with Gasteiger partial charge < -0.3 is 10.1 Å². The van der Waals surface area contributed by atoms with Gasteiger partial charge in [0.25, 0.3) is 0 Å². The van der Waals surface area contributed by atoms with Gasteiger partial charge in [-0.15, -0.1) is 0 Å². The normalized spacial score (nSPS) is 15.7. The Morgan fingerprint density at radius 3 is 2.07 bits per heavy atom. The summed E-state index contributed by atoms with van der Waals surface area (Å²) >= 11 is 0. The van der Waals surface area contributed by atoms with Crippen LogP contribution >= 0.6 is 0 Å². The maximum Gasteiger partial charge on any atom is 0.105 e. The molecule has 0 aromatic carbocycles. The first-order chi connectivity index (χ1) is 6.83. The molecule has 0 amide bonds. The molecule has 1 unspecified atom stereocenters. The van der Waals surface area contributed by atoms with E-state index in [0.717, 1.165) is 19.4 Å². The number of nitrogens with zero attached hydrogens (tertiary/aromatic N) is 1. The molecular formula is C12H24N2O. The molecule has 0 aromatic rings. The van der Waals surface area contributed by atoms with Crippen LogP contribution < -0.4 is 5.32 Å². The third kappa shape index (κ3) is 7.35. The predicted octanol–water partition coefficient (Wildman–Crippen LogP) is 2.33. The van der Waals surface area contributed by atoms with E-state index < -0.39 is 5.54 Å². The fourth-order valence-corrected chi connectivity index (χ4v) is 0.994. The number of hydrogen-bond donors (Lipinski definition) is 1. The number of nitriles is 1. The van der Waals surface area contributed by atoms with Crippen LogP contribution in [0.25, 0.3) is 0 Å². The molecule has 0 aliphatic rings. The van der Waals surface area contributed by atoms with Gasteiger partial charge >= 0.3 is 0 Å². The molecule has 1 N–H and O–H groups in total. The molecule has 0 fully saturated rings. The first-order valence-corrected chi connectivity index (χ1v) is 5.51. The van der Waals surface area contributed by atoms with E-state index in [9.17, 15) is 0 Å². The van der Waals surface area contributed by atoms with Gasteiger partial charge in [0, 0.05) is 19.6 Å². The standard InChI is InChI=1S/C12H24N2O/c1-11(2,3)6-8-15-9-7-12(4,10-13)14-5/h14H,6-9H2,1-5H3. The third-order valence-corrected chi connectivity index (χ3v) is 2.54. The lowest BCUT2D eigenvalue weighted by molar-refractivity contribution is 0.0967. The fraction of sp³-hybridized carbons (Fsp3) is 0.917. The molecule has 1 atom stereocenters. The first-order valence-electron chi connectivity index (χ1n) is 5.51. The second-order valence-electron chi connectivity index (χ2n) is 5.37. The molecule has 0 aliphatic heterocycles. The van der Waals surface area contributed by atoms with Gasteiger partial charge in [-0.25, -0.2) is 0 Å². The van der Waals surface area contributed by atoms with Crippen molar-refractivity contribution in [2.75, 3.05) is 20.3 Å². The molecule has 88 valence electrons. The summed E-state index contributed by atoms with van der Waals surface area (Å²) in [5.41, 5.74) is -0.136. The van der Waals surface area contributed by atoms with Crippen LogP contribution in [0.15, 0.2) is 0 Å². The largest absolute Gasteiger partial charge is 0.381 e. The van der Waals surface area contributed by atoms with Crippen LogP contribution in [0.5, 0.6) is 0 Å². The van der Waals surface area contributed by atoms with E-state index in [-0.39, 0.29) is 0 Å². The molecule has 0 spiro atoms. The van der Waals surface area contributed by atoms with Crippen molar-refractivity contribution in [3.05, 3.63) is 0 Å². The maximum atomic E-state index is 8.90. The summed E-state index contributed by atoms with van der Waals surface area (Å²) in [5, 5.41) is 11.9.